The number of primary sulfonamides is 1. The van der Waals surface area contributed by atoms with Gasteiger partial charge in [-0.05, 0) is 30.3 Å². The van der Waals surface area contributed by atoms with Crippen molar-refractivity contribution < 1.29 is 26.0 Å². The smallest absolute Gasteiger partial charge is 0.233 e. The van der Waals surface area contributed by atoms with Crippen molar-refractivity contribution in [3.63, 3.8) is 0 Å². The highest BCUT2D eigenvalue weighted by Crippen LogP contribution is 2.31. The number of para-hydroxylation sites is 1. The molecule has 0 fully saturated rings. The standard InChI is InChI=1S/C16H11F4N3O2S/c17-11-6-9(7-12(18)15(11)26(21,24)25)14-8-13(16(19)20)22-23(14)10-4-2-1-3-5-10/h1-8,16H,(H2,21,24,25). The van der Waals surface area contributed by atoms with E-state index in [9.17, 15) is 26.0 Å². The van der Waals surface area contributed by atoms with Crippen LogP contribution in [0.2, 0.25) is 0 Å². The summed E-state index contributed by atoms with van der Waals surface area (Å²) in [5.41, 5.74) is -0.424. The second-order valence-electron chi connectivity index (χ2n) is 5.32. The van der Waals surface area contributed by atoms with Gasteiger partial charge in [-0.15, -0.1) is 0 Å². The molecule has 0 saturated heterocycles. The van der Waals surface area contributed by atoms with Crippen LogP contribution < -0.4 is 5.14 Å². The number of aromatic nitrogens is 2. The minimum absolute atomic E-state index is 0.0368. The molecule has 0 atom stereocenters. The van der Waals surface area contributed by atoms with Crippen LogP contribution in [0.3, 0.4) is 0 Å². The van der Waals surface area contributed by atoms with Crippen LogP contribution in [0, 0.1) is 11.6 Å². The van der Waals surface area contributed by atoms with E-state index in [4.69, 9.17) is 5.14 Å². The lowest BCUT2D eigenvalue weighted by molar-refractivity contribution is 0.145. The minimum atomic E-state index is -4.63. The zero-order valence-electron chi connectivity index (χ0n) is 12.9. The third-order valence-electron chi connectivity index (χ3n) is 3.53. The molecular weight excluding hydrogens is 374 g/mol. The number of sulfonamides is 1. The Morgan fingerprint density at radius 2 is 1.58 bits per heavy atom. The first-order chi connectivity index (χ1) is 12.2. The Hall–Kier alpha value is -2.72. The van der Waals surface area contributed by atoms with E-state index in [1.807, 2.05) is 0 Å². The minimum Gasteiger partial charge on any atom is -0.233 e. The molecule has 0 aliphatic rings. The van der Waals surface area contributed by atoms with Crippen LogP contribution in [0.4, 0.5) is 17.6 Å². The molecule has 3 aromatic rings. The molecule has 0 unspecified atom stereocenters. The Kier molecular flexibility index (Phi) is 4.55. The van der Waals surface area contributed by atoms with Gasteiger partial charge in [0, 0.05) is 5.56 Å². The lowest BCUT2D eigenvalue weighted by Gasteiger charge is -2.09. The number of halogens is 4. The van der Waals surface area contributed by atoms with E-state index in [0.717, 1.165) is 10.7 Å². The van der Waals surface area contributed by atoms with E-state index in [1.165, 1.54) is 0 Å². The number of hydrogen-bond donors (Lipinski definition) is 1. The van der Waals surface area contributed by atoms with Gasteiger partial charge >= 0.3 is 0 Å². The average molecular weight is 385 g/mol. The van der Waals surface area contributed by atoms with E-state index in [2.05, 4.69) is 5.10 Å². The number of benzene rings is 2. The molecule has 136 valence electrons. The van der Waals surface area contributed by atoms with Crippen LogP contribution >= 0.6 is 0 Å². The monoisotopic (exact) mass is 385 g/mol. The van der Waals surface area contributed by atoms with Gasteiger partial charge in [-0.3, -0.25) is 0 Å². The summed E-state index contributed by atoms with van der Waals surface area (Å²) in [4.78, 5) is -1.29. The van der Waals surface area contributed by atoms with Gasteiger partial charge in [0.2, 0.25) is 10.0 Å². The highest BCUT2D eigenvalue weighted by atomic mass is 32.2. The van der Waals surface area contributed by atoms with Gasteiger partial charge in [-0.1, -0.05) is 18.2 Å². The summed E-state index contributed by atoms with van der Waals surface area (Å²) in [5.74, 6) is -2.86. The number of alkyl halides is 2. The van der Waals surface area contributed by atoms with Gasteiger partial charge in [-0.2, -0.15) is 5.10 Å². The molecule has 0 spiro atoms. The van der Waals surface area contributed by atoms with Crippen molar-refractivity contribution in [3.8, 4) is 16.9 Å². The second kappa shape index (κ2) is 6.54. The molecule has 1 aromatic heterocycles. The largest absolute Gasteiger partial charge is 0.282 e. The maximum Gasteiger partial charge on any atom is 0.282 e. The first-order valence-corrected chi connectivity index (χ1v) is 8.69. The zero-order chi connectivity index (χ0) is 19.1. The first kappa shape index (κ1) is 18.1. The van der Waals surface area contributed by atoms with Crippen LogP contribution in [-0.2, 0) is 10.0 Å². The van der Waals surface area contributed by atoms with Crippen LogP contribution in [0.1, 0.15) is 12.1 Å². The Bertz CT molecular complexity index is 1040. The highest BCUT2D eigenvalue weighted by Gasteiger charge is 2.24. The molecular formula is C16H11F4N3O2S. The molecule has 0 saturated carbocycles. The molecule has 0 amide bonds. The van der Waals surface area contributed by atoms with Gasteiger partial charge in [0.15, 0.2) is 4.90 Å². The molecule has 2 aromatic carbocycles. The molecule has 26 heavy (non-hydrogen) atoms. The van der Waals surface area contributed by atoms with E-state index >= 15 is 0 Å². The van der Waals surface area contributed by atoms with E-state index in [0.29, 0.717) is 17.8 Å². The quantitative estimate of drug-likeness (QED) is 0.699. The Balaban J connectivity index is 2.24. The second-order valence-corrected chi connectivity index (χ2v) is 6.81. The molecule has 10 heteroatoms. The maximum atomic E-state index is 14.1. The van der Waals surface area contributed by atoms with Crippen molar-refractivity contribution >= 4 is 10.0 Å². The van der Waals surface area contributed by atoms with Crippen molar-refractivity contribution in [1.82, 2.24) is 9.78 Å². The molecule has 2 N–H and O–H groups in total. The number of nitrogens with zero attached hydrogens (tertiary/aromatic N) is 2. The SMILES string of the molecule is NS(=O)(=O)c1c(F)cc(-c2cc(C(F)F)nn2-c2ccccc2)cc1F. The normalized spacial score (nSPS) is 11.9. The molecule has 3 rings (SSSR count). The predicted octanol–water partition coefficient (Wildman–Crippen LogP) is 3.40. The van der Waals surface area contributed by atoms with Gasteiger partial charge in [0.1, 0.15) is 17.3 Å². The van der Waals surface area contributed by atoms with Gasteiger partial charge < -0.3 is 0 Å². The third kappa shape index (κ3) is 3.33. The highest BCUT2D eigenvalue weighted by molar-refractivity contribution is 7.89. The van der Waals surface area contributed by atoms with Crippen LogP contribution in [-0.4, -0.2) is 18.2 Å². The van der Waals surface area contributed by atoms with Crippen molar-refractivity contribution in [2.75, 3.05) is 0 Å². The fourth-order valence-corrected chi connectivity index (χ4v) is 3.12. The zero-order valence-corrected chi connectivity index (χ0v) is 13.7. The number of rotatable bonds is 4. The Morgan fingerprint density at radius 3 is 2.08 bits per heavy atom. The summed E-state index contributed by atoms with van der Waals surface area (Å²) in [6, 6.07) is 10.5. The van der Waals surface area contributed by atoms with Crippen molar-refractivity contribution in [1.29, 1.82) is 0 Å². The Morgan fingerprint density at radius 1 is 1.00 bits per heavy atom. The molecule has 0 radical (unpaired) electrons. The summed E-state index contributed by atoms with van der Waals surface area (Å²) >= 11 is 0. The third-order valence-corrected chi connectivity index (χ3v) is 4.49. The van der Waals surface area contributed by atoms with Crippen LogP contribution in [0.25, 0.3) is 16.9 Å². The lowest BCUT2D eigenvalue weighted by Crippen LogP contribution is -2.16. The molecule has 5 nitrogen and oxygen atoms in total. The van der Waals surface area contributed by atoms with E-state index < -0.39 is 38.7 Å². The summed E-state index contributed by atoms with van der Waals surface area (Å²) < 4.78 is 78.0. The molecule has 0 aliphatic carbocycles. The van der Waals surface area contributed by atoms with Crippen LogP contribution in [0.15, 0.2) is 53.4 Å². The van der Waals surface area contributed by atoms with Crippen molar-refractivity contribution in [2.45, 2.75) is 11.3 Å². The first-order valence-electron chi connectivity index (χ1n) is 7.14. The summed E-state index contributed by atoms with van der Waals surface area (Å²) in [6.07, 6.45) is -2.91. The summed E-state index contributed by atoms with van der Waals surface area (Å²) in [5, 5.41) is 8.55. The summed E-state index contributed by atoms with van der Waals surface area (Å²) in [7, 11) is -4.63. The topological polar surface area (TPSA) is 78.0 Å². The molecule has 0 aliphatic heterocycles. The fraction of sp³-hybridized carbons (Fsp3) is 0.0625. The predicted molar refractivity (Wildman–Crippen MR) is 85.2 cm³/mol. The van der Waals surface area contributed by atoms with E-state index in [-0.39, 0.29) is 11.3 Å². The van der Waals surface area contributed by atoms with E-state index in [1.54, 1.807) is 30.3 Å². The van der Waals surface area contributed by atoms with Gasteiger partial charge in [0.05, 0.1) is 11.4 Å². The van der Waals surface area contributed by atoms with Gasteiger partial charge in [0.25, 0.3) is 6.43 Å². The van der Waals surface area contributed by atoms with Gasteiger partial charge in [-0.25, -0.2) is 35.8 Å². The average Bonchev–Trinajstić information content (AvgIpc) is 2.99. The van der Waals surface area contributed by atoms with Crippen molar-refractivity contribution in [3.05, 3.63) is 65.9 Å². The lowest BCUT2D eigenvalue weighted by atomic mass is 10.1. The summed E-state index contributed by atoms with van der Waals surface area (Å²) in [6.45, 7) is 0. The number of nitrogens with two attached hydrogens (primary N) is 1. The van der Waals surface area contributed by atoms with Crippen molar-refractivity contribution in [2.24, 2.45) is 5.14 Å². The maximum absolute atomic E-state index is 14.1. The molecule has 1 heterocycles. The Labute approximate surface area is 145 Å². The molecule has 0 bridgehead atoms. The number of hydrogen-bond acceptors (Lipinski definition) is 3. The van der Waals surface area contributed by atoms with Crippen LogP contribution in [0.5, 0.6) is 0 Å². The fourth-order valence-electron chi connectivity index (χ4n) is 2.46.